The van der Waals surface area contributed by atoms with Crippen molar-refractivity contribution in [1.82, 2.24) is 4.90 Å². The summed E-state index contributed by atoms with van der Waals surface area (Å²) in [6.45, 7) is 4.76. The zero-order valence-electron chi connectivity index (χ0n) is 14.5. The molecule has 0 spiro atoms. The van der Waals surface area contributed by atoms with Crippen molar-refractivity contribution >= 4 is 17.5 Å². The number of hydrogen-bond donors (Lipinski definition) is 0. The van der Waals surface area contributed by atoms with Gasteiger partial charge in [-0.3, -0.25) is 9.69 Å². The summed E-state index contributed by atoms with van der Waals surface area (Å²) in [7, 11) is 0. The number of hydrogen-bond acceptors (Lipinski definition) is 4. The fourth-order valence-corrected chi connectivity index (χ4v) is 4.00. The maximum absolute atomic E-state index is 13.0. The van der Waals surface area contributed by atoms with E-state index in [1.807, 2.05) is 30.5 Å². The van der Waals surface area contributed by atoms with Gasteiger partial charge in [0.2, 0.25) is 0 Å². The SMILES string of the molecule is CCc1ccc(CN2CCCC(C(=O)c3ccccc3SC)C2)o1. The Hall–Kier alpha value is -1.52. The molecule has 4 heteroatoms. The van der Waals surface area contributed by atoms with Crippen LogP contribution in [0.1, 0.15) is 41.6 Å². The monoisotopic (exact) mass is 343 g/mol. The van der Waals surface area contributed by atoms with Crippen molar-refractivity contribution in [2.24, 2.45) is 5.92 Å². The number of nitrogens with zero attached hydrogens (tertiary/aromatic N) is 1. The van der Waals surface area contributed by atoms with Crippen LogP contribution in [0.5, 0.6) is 0 Å². The molecule has 128 valence electrons. The number of Topliss-reactive ketones (excluding diaryl/α,β-unsaturated/α-hetero) is 1. The summed E-state index contributed by atoms with van der Waals surface area (Å²) in [6.07, 6.45) is 5.00. The molecule has 1 aromatic carbocycles. The maximum Gasteiger partial charge on any atom is 0.168 e. The molecule has 1 aliphatic rings. The number of carbonyl (C=O) groups excluding carboxylic acids is 1. The number of likely N-dealkylation sites (tertiary alicyclic amines) is 1. The lowest BCUT2D eigenvalue weighted by atomic mass is 9.90. The molecule has 1 unspecified atom stereocenters. The summed E-state index contributed by atoms with van der Waals surface area (Å²) < 4.78 is 5.82. The fraction of sp³-hybridized carbons (Fsp3) is 0.450. The molecule has 2 heterocycles. The molecule has 0 saturated carbocycles. The lowest BCUT2D eigenvalue weighted by molar-refractivity contribution is 0.0799. The van der Waals surface area contributed by atoms with E-state index in [0.29, 0.717) is 5.78 Å². The first-order valence-electron chi connectivity index (χ1n) is 8.68. The fourth-order valence-electron chi connectivity index (χ4n) is 3.40. The number of thioether (sulfide) groups is 1. The van der Waals surface area contributed by atoms with Gasteiger partial charge in [0.15, 0.2) is 5.78 Å². The zero-order chi connectivity index (χ0) is 16.9. The third-order valence-corrected chi connectivity index (χ3v) is 5.49. The molecule has 3 nitrogen and oxygen atoms in total. The molecule has 24 heavy (non-hydrogen) atoms. The maximum atomic E-state index is 13.0. The average molecular weight is 343 g/mol. The van der Waals surface area contributed by atoms with Crippen molar-refractivity contribution in [3.8, 4) is 0 Å². The minimum atomic E-state index is 0.0904. The van der Waals surface area contributed by atoms with Crippen molar-refractivity contribution < 1.29 is 9.21 Å². The lowest BCUT2D eigenvalue weighted by Crippen LogP contribution is -2.38. The van der Waals surface area contributed by atoms with Crippen LogP contribution in [0.15, 0.2) is 45.7 Å². The van der Waals surface area contributed by atoms with Crippen LogP contribution >= 0.6 is 11.8 Å². The van der Waals surface area contributed by atoms with Crippen molar-refractivity contribution in [3.05, 3.63) is 53.5 Å². The van der Waals surface area contributed by atoms with E-state index in [2.05, 4.69) is 24.0 Å². The summed E-state index contributed by atoms with van der Waals surface area (Å²) in [5.41, 5.74) is 0.878. The standard InChI is InChI=1S/C20H25NO2S/c1-3-16-10-11-17(23-16)14-21-12-6-7-15(13-21)20(22)18-8-4-5-9-19(18)24-2/h4-5,8-11,15H,3,6-7,12-14H2,1-2H3. The van der Waals surface area contributed by atoms with Gasteiger partial charge >= 0.3 is 0 Å². The number of ketones is 1. The van der Waals surface area contributed by atoms with Crippen LogP contribution in [0.4, 0.5) is 0 Å². The van der Waals surface area contributed by atoms with Crippen LogP contribution in [0, 0.1) is 5.92 Å². The Balaban J connectivity index is 1.67. The highest BCUT2D eigenvalue weighted by molar-refractivity contribution is 7.98. The molecular formula is C20H25NO2S. The van der Waals surface area contributed by atoms with E-state index in [9.17, 15) is 4.79 Å². The van der Waals surface area contributed by atoms with Gasteiger partial charge < -0.3 is 4.42 Å². The Morgan fingerprint density at radius 3 is 2.79 bits per heavy atom. The van der Waals surface area contributed by atoms with Gasteiger partial charge in [-0.1, -0.05) is 25.1 Å². The molecule has 1 atom stereocenters. The van der Waals surface area contributed by atoms with Gasteiger partial charge in [0.1, 0.15) is 11.5 Å². The Morgan fingerprint density at radius 1 is 1.25 bits per heavy atom. The van der Waals surface area contributed by atoms with E-state index in [0.717, 1.165) is 60.9 Å². The number of carbonyl (C=O) groups is 1. The van der Waals surface area contributed by atoms with E-state index in [4.69, 9.17) is 4.42 Å². The zero-order valence-corrected chi connectivity index (χ0v) is 15.3. The van der Waals surface area contributed by atoms with Crippen LogP contribution in [0.25, 0.3) is 0 Å². The van der Waals surface area contributed by atoms with Crippen LogP contribution in [-0.4, -0.2) is 30.0 Å². The number of rotatable bonds is 6. The summed E-state index contributed by atoms with van der Waals surface area (Å²) in [6, 6.07) is 12.1. The molecule has 2 aromatic rings. The first-order chi connectivity index (χ1) is 11.7. The average Bonchev–Trinajstić information content (AvgIpc) is 3.09. The van der Waals surface area contributed by atoms with Gasteiger partial charge in [-0.05, 0) is 43.8 Å². The molecule has 1 fully saturated rings. The van der Waals surface area contributed by atoms with E-state index in [-0.39, 0.29) is 5.92 Å². The number of aryl methyl sites for hydroxylation is 1. The third-order valence-electron chi connectivity index (χ3n) is 4.69. The van der Waals surface area contributed by atoms with Crippen LogP contribution in [0.2, 0.25) is 0 Å². The van der Waals surface area contributed by atoms with Gasteiger partial charge in [-0.25, -0.2) is 0 Å². The normalized spacial score (nSPS) is 18.7. The van der Waals surface area contributed by atoms with Crippen molar-refractivity contribution in [3.63, 3.8) is 0 Å². The second-order valence-electron chi connectivity index (χ2n) is 6.36. The molecule has 1 saturated heterocycles. The Morgan fingerprint density at radius 2 is 2.04 bits per heavy atom. The topological polar surface area (TPSA) is 33.5 Å². The number of piperidine rings is 1. The lowest BCUT2D eigenvalue weighted by Gasteiger charge is -2.31. The van der Waals surface area contributed by atoms with Crippen molar-refractivity contribution in [2.75, 3.05) is 19.3 Å². The van der Waals surface area contributed by atoms with E-state index in [1.165, 1.54) is 0 Å². The summed E-state index contributed by atoms with van der Waals surface area (Å²) in [5.74, 6) is 2.42. The molecule has 1 aromatic heterocycles. The highest BCUT2D eigenvalue weighted by Gasteiger charge is 2.28. The minimum Gasteiger partial charge on any atom is -0.465 e. The summed E-state index contributed by atoms with van der Waals surface area (Å²) in [5, 5.41) is 0. The van der Waals surface area contributed by atoms with E-state index >= 15 is 0 Å². The quantitative estimate of drug-likeness (QED) is 0.564. The summed E-state index contributed by atoms with van der Waals surface area (Å²) >= 11 is 1.65. The molecule has 3 rings (SSSR count). The van der Waals surface area contributed by atoms with Gasteiger partial charge in [0.25, 0.3) is 0 Å². The van der Waals surface area contributed by atoms with Gasteiger partial charge in [-0.15, -0.1) is 11.8 Å². The number of benzene rings is 1. The molecule has 0 bridgehead atoms. The Bertz CT molecular complexity index is 694. The van der Waals surface area contributed by atoms with E-state index in [1.54, 1.807) is 11.8 Å². The van der Waals surface area contributed by atoms with Crippen molar-refractivity contribution in [1.29, 1.82) is 0 Å². The van der Waals surface area contributed by atoms with Gasteiger partial charge in [0.05, 0.1) is 6.54 Å². The second-order valence-corrected chi connectivity index (χ2v) is 7.21. The predicted molar refractivity (Wildman–Crippen MR) is 98.6 cm³/mol. The number of furan rings is 1. The molecule has 0 aliphatic carbocycles. The smallest absolute Gasteiger partial charge is 0.168 e. The van der Waals surface area contributed by atoms with Crippen LogP contribution in [0.3, 0.4) is 0 Å². The molecular weight excluding hydrogens is 318 g/mol. The largest absolute Gasteiger partial charge is 0.465 e. The molecule has 0 N–H and O–H groups in total. The van der Waals surface area contributed by atoms with Crippen LogP contribution in [-0.2, 0) is 13.0 Å². The first kappa shape index (κ1) is 17.3. The highest BCUT2D eigenvalue weighted by Crippen LogP contribution is 2.27. The third kappa shape index (κ3) is 3.93. The van der Waals surface area contributed by atoms with Gasteiger partial charge in [-0.2, -0.15) is 0 Å². The second kappa shape index (κ2) is 8.04. The highest BCUT2D eigenvalue weighted by atomic mass is 32.2. The summed E-state index contributed by atoms with van der Waals surface area (Å²) in [4.78, 5) is 16.4. The Labute approximate surface area is 148 Å². The molecule has 1 aliphatic heterocycles. The van der Waals surface area contributed by atoms with Crippen LogP contribution < -0.4 is 0 Å². The molecule has 0 radical (unpaired) electrons. The van der Waals surface area contributed by atoms with Gasteiger partial charge in [0, 0.05) is 29.3 Å². The first-order valence-corrected chi connectivity index (χ1v) is 9.91. The Kier molecular flexibility index (Phi) is 5.80. The predicted octanol–water partition coefficient (Wildman–Crippen LogP) is 4.66. The van der Waals surface area contributed by atoms with Crippen molar-refractivity contribution in [2.45, 2.75) is 37.6 Å². The van der Waals surface area contributed by atoms with E-state index < -0.39 is 0 Å². The molecule has 0 amide bonds. The minimum absolute atomic E-state index is 0.0904.